The molecular formula is C28H32FN7O. The highest BCUT2D eigenvalue weighted by Gasteiger charge is 2.34. The van der Waals surface area contributed by atoms with E-state index < -0.39 is 0 Å². The summed E-state index contributed by atoms with van der Waals surface area (Å²) in [5.41, 5.74) is 3.63. The van der Waals surface area contributed by atoms with Crippen LogP contribution in [0.2, 0.25) is 0 Å². The molecule has 3 heterocycles. The Balaban J connectivity index is 1.39. The van der Waals surface area contributed by atoms with Crippen LogP contribution in [0.3, 0.4) is 0 Å². The minimum atomic E-state index is -0.357. The van der Waals surface area contributed by atoms with E-state index in [1.807, 2.05) is 28.9 Å². The number of fused-ring (bicyclic) bond motifs is 1. The molecule has 37 heavy (non-hydrogen) atoms. The van der Waals surface area contributed by atoms with Crippen molar-refractivity contribution in [2.75, 3.05) is 31.1 Å². The number of hydrogen-bond acceptors (Lipinski definition) is 6. The van der Waals surface area contributed by atoms with E-state index in [1.54, 1.807) is 0 Å². The van der Waals surface area contributed by atoms with E-state index in [1.165, 1.54) is 30.5 Å². The van der Waals surface area contributed by atoms with Crippen LogP contribution in [0.1, 0.15) is 61.6 Å². The highest BCUT2D eigenvalue weighted by molar-refractivity contribution is 5.80. The van der Waals surface area contributed by atoms with Crippen molar-refractivity contribution in [2.45, 2.75) is 51.1 Å². The molecule has 0 amide bonds. The van der Waals surface area contributed by atoms with Gasteiger partial charge in [0.25, 0.3) is 5.56 Å². The minimum Gasteiger partial charge on any atom is -0.369 e. The summed E-state index contributed by atoms with van der Waals surface area (Å²) >= 11 is 0. The van der Waals surface area contributed by atoms with Gasteiger partial charge in [-0.2, -0.15) is 0 Å². The van der Waals surface area contributed by atoms with Gasteiger partial charge in [-0.1, -0.05) is 25.8 Å². The fourth-order valence-electron chi connectivity index (χ4n) is 5.87. The zero-order chi connectivity index (χ0) is 25.4. The molecule has 1 saturated heterocycles. The van der Waals surface area contributed by atoms with E-state index in [9.17, 15) is 9.18 Å². The summed E-state index contributed by atoms with van der Waals surface area (Å²) in [6.07, 6.45) is 5.37. The van der Waals surface area contributed by atoms with E-state index in [2.05, 4.69) is 49.4 Å². The average Bonchev–Trinajstić information content (AvgIpc) is 3.62. The molecule has 2 fully saturated rings. The largest absolute Gasteiger partial charge is 0.369 e. The van der Waals surface area contributed by atoms with Crippen molar-refractivity contribution < 1.29 is 4.39 Å². The maximum absolute atomic E-state index is 13.5. The summed E-state index contributed by atoms with van der Waals surface area (Å²) in [6.45, 7) is 5.11. The lowest BCUT2D eigenvalue weighted by Crippen LogP contribution is -2.49. The Morgan fingerprint density at radius 2 is 1.78 bits per heavy atom. The molecule has 1 N–H and O–H groups in total. The molecule has 2 aromatic heterocycles. The van der Waals surface area contributed by atoms with Gasteiger partial charge in [0, 0.05) is 42.9 Å². The Morgan fingerprint density at radius 3 is 2.51 bits per heavy atom. The van der Waals surface area contributed by atoms with Crippen LogP contribution in [0.4, 0.5) is 10.1 Å². The summed E-state index contributed by atoms with van der Waals surface area (Å²) < 4.78 is 15.4. The van der Waals surface area contributed by atoms with Crippen LogP contribution in [0.25, 0.3) is 10.9 Å². The SMILES string of the molecule is CCc1ccc2[nH]c(=O)c([C@H](c3nnnn3C3CCCC3)N3CCN(c4ccc(F)cc4)CC3)cc2c1. The number of piperazine rings is 1. The molecule has 2 aromatic carbocycles. The van der Waals surface area contributed by atoms with Crippen molar-refractivity contribution in [3.05, 3.63) is 81.7 Å². The van der Waals surface area contributed by atoms with Crippen LogP contribution in [-0.4, -0.2) is 56.3 Å². The molecule has 2 aliphatic rings. The first-order valence-corrected chi connectivity index (χ1v) is 13.3. The fourth-order valence-corrected chi connectivity index (χ4v) is 5.87. The monoisotopic (exact) mass is 501 g/mol. The topological polar surface area (TPSA) is 82.9 Å². The number of aromatic amines is 1. The molecule has 0 bridgehead atoms. The second-order valence-electron chi connectivity index (χ2n) is 10.2. The summed E-state index contributed by atoms with van der Waals surface area (Å²) in [6, 6.07) is 14.8. The van der Waals surface area contributed by atoms with Crippen molar-refractivity contribution in [3.63, 3.8) is 0 Å². The number of anilines is 1. The summed E-state index contributed by atoms with van der Waals surface area (Å²) in [5, 5.41) is 14.0. The van der Waals surface area contributed by atoms with Gasteiger partial charge in [-0.15, -0.1) is 5.10 Å². The molecule has 6 rings (SSSR count). The first kappa shape index (κ1) is 23.8. The third-order valence-corrected chi connectivity index (χ3v) is 7.94. The number of aryl methyl sites for hydroxylation is 1. The quantitative estimate of drug-likeness (QED) is 0.426. The Kier molecular flexibility index (Phi) is 6.46. The second kappa shape index (κ2) is 10.0. The number of H-pyrrole nitrogens is 1. The predicted molar refractivity (Wildman–Crippen MR) is 141 cm³/mol. The Morgan fingerprint density at radius 1 is 1.03 bits per heavy atom. The average molecular weight is 502 g/mol. The van der Waals surface area contributed by atoms with Gasteiger partial charge in [0.1, 0.15) is 11.9 Å². The maximum atomic E-state index is 13.5. The number of aromatic nitrogens is 5. The highest BCUT2D eigenvalue weighted by atomic mass is 19.1. The molecule has 9 heteroatoms. The molecular weight excluding hydrogens is 469 g/mol. The zero-order valence-electron chi connectivity index (χ0n) is 21.1. The number of nitrogens with zero attached hydrogens (tertiary/aromatic N) is 6. The number of tetrazole rings is 1. The van der Waals surface area contributed by atoms with Crippen molar-refractivity contribution >= 4 is 16.6 Å². The fraction of sp³-hybridized carbons (Fsp3) is 0.429. The number of rotatable bonds is 6. The first-order chi connectivity index (χ1) is 18.1. The van der Waals surface area contributed by atoms with Gasteiger partial charge in [-0.05, 0) is 83.1 Å². The number of nitrogens with one attached hydrogen (secondary N) is 1. The van der Waals surface area contributed by atoms with Gasteiger partial charge < -0.3 is 9.88 Å². The first-order valence-electron chi connectivity index (χ1n) is 13.3. The third kappa shape index (κ3) is 4.64. The summed E-state index contributed by atoms with van der Waals surface area (Å²) in [7, 11) is 0. The number of hydrogen-bond donors (Lipinski definition) is 1. The zero-order valence-corrected chi connectivity index (χ0v) is 21.1. The molecule has 192 valence electrons. The molecule has 8 nitrogen and oxygen atoms in total. The van der Waals surface area contributed by atoms with Crippen molar-refractivity contribution in [1.29, 1.82) is 0 Å². The Hall–Kier alpha value is -3.59. The molecule has 1 aliphatic heterocycles. The second-order valence-corrected chi connectivity index (χ2v) is 10.2. The molecule has 1 aliphatic carbocycles. The Labute approximate surface area is 215 Å². The maximum Gasteiger partial charge on any atom is 0.253 e. The molecule has 4 aromatic rings. The van der Waals surface area contributed by atoms with E-state index in [-0.39, 0.29) is 23.5 Å². The minimum absolute atomic E-state index is 0.108. The molecule has 1 saturated carbocycles. The van der Waals surface area contributed by atoms with Gasteiger partial charge in [0.05, 0.1) is 6.04 Å². The van der Waals surface area contributed by atoms with E-state index >= 15 is 0 Å². The standard InChI is InChI=1S/C28H32FN7O/c1-2-19-7-12-25-20(17-19)18-24(28(37)30-25)26(27-31-32-33-36(27)23-5-3-4-6-23)35-15-13-34(14-16-35)22-10-8-21(29)9-11-22/h7-12,17-18,23,26H,2-6,13-16H2,1H3,(H,30,37)/t26-/m1/s1. The highest BCUT2D eigenvalue weighted by Crippen LogP contribution is 2.34. The summed E-state index contributed by atoms with van der Waals surface area (Å²) in [5.74, 6) is 0.501. The molecule has 0 radical (unpaired) electrons. The van der Waals surface area contributed by atoms with Crippen LogP contribution in [0.5, 0.6) is 0 Å². The molecule has 1 atom stereocenters. The normalized spacial score (nSPS) is 18.1. The van der Waals surface area contributed by atoms with Gasteiger partial charge in [-0.25, -0.2) is 9.07 Å². The third-order valence-electron chi connectivity index (χ3n) is 7.94. The van der Waals surface area contributed by atoms with Crippen LogP contribution in [-0.2, 0) is 6.42 Å². The number of pyridine rings is 1. The number of benzene rings is 2. The van der Waals surface area contributed by atoms with Gasteiger partial charge >= 0.3 is 0 Å². The lowest BCUT2D eigenvalue weighted by atomic mass is 10.0. The van der Waals surface area contributed by atoms with E-state index in [4.69, 9.17) is 0 Å². The number of halogens is 1. The molecule has 0 unspecified atom stereocenters. The lowest BCUT2D eigenvalue weighted by molar-refractivity contribution is 0.197. The summed E-state index contributed by atoms with van der Waals surface area (Å²) in [4.78, 5) is 21.2. The van der Waals surface area contributed by atoms with Gasteiger partial charge in [0.2, 0.25) is 0 Å². The van der Waals surface area contributed by atoms with Crippen molar-refractivity contribution in [1.82, 2.24) is 30.1 Å². The van der Waals surface area contributed by atoms with Crippen LogP contribution >= 0.6 is 0 Å². The van der Waals surface area contributed by atoms with Crippen LogP contribution in [0.15, 0.2) is 53.3 Å². The van der Waals surface area contributed by atoms with Crippen LogP contribution < -0.4 is 10.5 Å². The van der Waals surface area contributed by atoms with E-state index in [0.717, 1.165) is 67.9 Å². The van der Waals surface area contributed by atoms with Crippen molar-refractivity contribution in [2.24, 2.45) is 0 Å². The Bertz CT molecular complexity index is 1430. The predicted octanol–water partition coefficient (Wildman–Crippen LogP) is 4.24. The van der Waals surface area contributed by atoms with Crippen LogP contribution in [0, 0.1) is 5.82 Å². The molecule has 0 spiro atoms. The van der Waals surface area contributed by atoms with Gasteiger partial charge in [0.15, 0.2) is 5.82 Å². The van der Waals surface area contributed by atoms with Gasteiger partial charge in [-0.3, -0.25) is 9.69 Å². The smallest absolute Gasteiger partial charge is 0.253 e. The lowest BCUT2D eigenvalue weighted by Gasteiger charge is -2.39. The van der Waals surface area contributed by atoms with E-state index in [0.29, 0.717) is 5.56 Å². The van der Waals surface area contributed by atoms with Crippen molar-refractivity contribution in [3.8, 4) is 0 Å².